The highest BCUT2D eigenvalue weighted by atomic mass is 19.1. The number of halogens is 1. The maximum atomic E-state index is 13.2. The molecule has 0 saturated carbocycles. The van der Waals surface area contributed by atoms with E-state index >= 15 is 0 Å². The lowest BCUT2D eigenvalue weighted by Gasteiger charge is -2.01. The molecular formula is C12H12FNO4. The van der Waals surface area contributed by atoms with E-state index in [0.717, 1.165) is 7.11 Å². The molecule has 96 valence electrons. The zero-order valence-corrected chi connectivity index (χ0v) is 9.97. The molecule has 0 bridgehead atoms. The minimum Gasteiger partial charge on any atom is -0.465 e. The van der Waals surface area contributed by atoms with Crippen LogP contribution >= 0.6 is 0 Å². The molecule has 6 heteroatoms. The number of hydrogen-bond donors (Lipinski definition) is 0. The topological polar surface area (TPSA) is 65.5 Å². The maximum Gasteiger partial charge on any atom is 0.342 e. The van der Waals surface area contributed by atoms with E-state index in [1.807, 2.05) is 0 Å². The number of rotatable bonds is 4. The van der Waals surface area contributed by atoms with Crippen molar-refractivity contribution >= 4 is 18.0 Å². The third-order valence-electron chi connectivity index (χ3n) is 1.96. The van der Waals surface area contributed by atoms with Crippen LogP contribution in [0.2, 0.25) is 0 Å². The molecule has 0 N–H and O–H groups in total. The lowest BCUT2D eigenvalue weighted by atomic mass is 10.2. The fourth-order valence-corrected chi connectivity index (χ4v) is 1.16. The maximum absolute atomic E-state index is 13.2. The standard InChI is InChI=1S/C12H12FNO4/c1-3-18-10(15)5-4-8-6-9(12(16)17-2)11(13)14-7-8/h4-7H,3H2,1-2H3. The second-order valence-electron chi connectivity index (χ2n) is 3.18. The number of aromatic nitrogens is 1. The van der Waals surface area contributed by atoms with E-state index < -0.39 is 17.9 Å². The van der Waals surface area contributed by atoms with Crippen LogP contribution in [0.3, 0.4) is 0 Å². The number of ether oxygens (including phenoxy) is 2. The zero-order chi connectivity index (χ0) is 13.5. The number of methoxy groups -OCH3 is 1. The molecule has 0 aliphatic carbocycles. The molecule has 1 aromatic rings. The summed E-state index contributed by atoms with van der Waals surface area (Å²) in [6.45, 7) is 1.94. The number of carbonyl (C=O) groups excluding carboxylic acids is 2. The Bertz CT molecular complexity index is 485. The largest absolute Gasteiger partial charge is 0.465 e. The van der Waals surface area contributed by atoms with Crippen molar-refractivity contribution in [2.45, 2.75) is 6.92 Å². The summed E-state index contributed by atoms with van der Waals surface area (Å²) in [7, 11) is 1.14. The van der Waals surface area contributed by atoms with Crippen LogP contribution in [0, 0.1) is 5.95 Å². The molecule has 0 amide bonds. The van der Waals surface area contributed by atoms with Crippen LogP contribution in [0.15, 0.2) is 18.3 Å². The summed E-state index contributed by atoms with van der Waals surface area (Å²) < 4.78 is 22.3. The molecule has 0 aliphatic rings. The Morgan fingerprint density at radius 2 is 2.22 bits per heavy atom. The van der Waals surface area contributed by atoms with Gasteiger partial charge in [-0.05, 0) is 24.6 Å². The van der Waals surface area contributed by atoms with Crippen LogP contribution in [0.1, 0.15) is 22.8 Å². The molecule has 0 saturated heterocycles. The first-order valence-corrected chi connectivity index (χ1v) is 5.17. The molecule has 1 heterocycles. The van der Waals surface area contributed by atoms with Crippen molar-refractivity contribution in [3.8, 4) is 0 Å². The van der Waals surface area contributed by atoms with Gasteiger partial charge in [0.15, 0.2) is 0 Å². The first kappa shape index (κ1) is 13.8. The molecule has 0 aromatic carbocycles. The highest BCUT2D eigenvalue weighted by Crippen LogP contribution is 2.10. The van der Waals surface area contributed by atoms with Gasteiger partial charge in [0.25, 0.3) is 0 Å². The summed E-state index contributed by atoms with van der Waals surface area (Å²) in [5.74, 6) is -2.28. The molecule has 0 spiro atoms. The van der Waals surface area contributed by atoms with Gasteiger partial charge in [-0.1, -0.05) is 0 Å². The number of esters is 2. The predicted molar refractivity (Wildman–Crippen MR) is 61.2 cm³/mol. The Kier molecular flexibility index (Phi) is 4.98. The molecule has 0 radical (unpaired) electrons. The van der Waals surface area contributed by atoms with Gasteiger partial charge in [0, 0.05) is 12.3 Å². The van der Waals surface area contributed by atoms with E-state index in [1.165, 1.54) is 24.4 Å². The zero-order valence-electron chi connectivity index (χ0n) is 9.97. The Morgan fingerprint density at radius 3 is 2.83 bits per heavy atom. The van der Waals surface area contributed by atoms with Crippen molar-refractivity contribution in [3.05, 3.63) is 35.4 Å². The second-order valence-corrected chi connectivity index (χ2v) is 3.18. The monoisotopic (exact) mass is 253 g/mol. The van der Waals surface area contributed by atoms with E-state index in [4.69, 9.17) is 0 Å². The first-order valence-electron chi connectivity index (χ1n) is 5.17. The van der Waals surface area contributed by atoms with Gasteiger partial charge in [-0.2, -0.15) is 4.39 Å². The summed E-state index contributed by atoms with van der Waals surface area (Å²) >= 11 is 0. The molecule has 0 unspecified atom stereocenters. The highest BCUT2D eigenvalue weighted by Gasteiger charge is 2.13. The summed E-state index contributed by atoms with van der Waals surface area (Å²) in [6, 6.07) is 1.24. The molecule has 1 rings (SSSR count). The van der Waals surface area contributed by atoms with Crippen molar-refractivity contribution < 1.29 is 23.5 Å². The summed E-state index contributed by atoms with van der Waals surface area (Å²) in [5.41, 5.74) is 0.105. The van der Waals surface area contributed by atoms with E-state index in [0.29, 0.717) is 5.56 Å². The van der Waals surface area contributed by atoms with Crippen molar-refractivity contribution in [1.82, 2.24) is 4.98 Å². The van der Waals surface area contributed by atoms with Gasteiger partial charge in [0.1, 0.15) is 5.56 Å². The van der Waals surface area contributed by atoms with Gasteiger partial charge in [0.2, 0.25) is 5.95 Å². The Hall–Kier alpha value is -2.24. The van der Waals surface area contributed by atoms with Gasteiger partial charge in [-0.15, -0.1) is 0 Å². The van der Waals surface area contributed by atoms with Crippen LogP contribution in [-0.2, 0) is 14.3 Å². The van der Waals surface area contributed by atoms with Crippen molar-refractivity contribution in [1.29, 1.82) is 0 Å². The van der Waals surface area contributed by atoms with Gasteiger partial charge in [0.05, 0.1) is 13.7 Å². The number of hydrogen-bond acceptors (Lipinski definition) is 5. The lowest BCUT2D eigenvalue weighted by Crippen LogP contribution is -2.06. The highest BCUT2D eigenvalue weighted by molar-refractivity contribution is 5.91. The van der Waals surface area contributed by atoms with Crippen LogP contribution in [0.25, 0.3) is 6.08 Å². The van der Waals surface area contributed by atoms with Crippen molar-refractivity contribution in [3.63, 3.8) is 0 Å². The third-order valence-corrected chi connectivity index (χ3v) is 1.96. The van der Waals surface area contributed by atoms with E-state index in [1.54, 1.807) is 6.92 Å². The fourth-order valence-electron chi connectivity index (χ4n) is 1.16. The van der Waals surface area contributed by atoms with E-state index in [9.17, 15) is 14.0 Å². The average Bonchev–Trinajstić information content (AvgIpc) is 2.37. The summed E-state index contributed by atoms with van der Waals surface area (Å²) in [4.78, 5) is 25.7. The SMILES string of the molecule is CCOC(=O)C=Cc1cnc(F)c(C(=O)OC)c1. The molecule has 0 fully saturated rings. The van der Waals surface area contributed by atoms with Gasteiger partial charge in [-0.25, -0.2) is 14.6 Å². The van der Waals surface area contributed by atoms with Crippen LogP contribution in [-0.4, -0.2) is 30.6 Å². The molecule has 0 atom stereocenters. The second kappa shape index (κ2) is 6.48. The Labute approximate surface area is 103 Å². The van der Waals surface area contributed by atoms with Gasteiger partial charge >= 0.3 is 11.9 Å². The molecular weight excluding hydrogens is 241 g/mol. The van der Waals surface area contributed by atoms with E-state index in [2.05, 4.69) is 14.5 Å². The predicted octanol–water partition coefficient (Wildman–Crippen LogP) is 1.58. The van der Waals surface area contributed by atoms with Crippen molar-refractivity contribution in [2.75, 3.05) is 13.7 Å². The van der Waals surface area contributed by atoms with Gasteiger partial charge in [-0.3, -0.25) is 0 Å². The van der Waals surface area contributed by atoms with Crippen LogP contribution in [0.5, 0.6) is 0 Å². The molecule has 0 aliphatic heterocycles. The minimum absolute atomic E-state index is 0.262. The summed E-state index contributed by atoms with van der Waals surface area (Å²) in [5, 5.41) is 0. The first-order chi connectivity index (χ1) is 8.58. The van der Waals surface area contributed by atoms with Gasteiger partial charge < -0.3 is 9.47 Å². The Balaban J connectivity index is 2.92. The number of nitrogens with zero attached hydrogens (tertiary/aromatic N) is 1. The molecule has 1 aromatic heterocycles. The quantitative estimate of drug-likeness (QED) is 0.463. The lowest BCUT2D eigenvalue weighted by molar-refractivity contribution is -0.137. The van der Waals surface area contributed by atoms with Crippen LogP contribution < -0.4 is 0 Å². The fraction of sp³-hybridized carbons (Fsp3) is 0.250. The third kappa shape index (κ3) is 3.65. The van der Waals surface area contributed by atoms with Crippen LogP contribution in [0.4, 0.5) is 4.39 Å². The molecule has 18 heavy (non-hydrogen) atoms. The van der Waals surface area contributed by atoms with Crippen molar-refractivity contribution in [2.24, 2.45) is 0 Å². The molecule has 5 nitrogen and oxygen atoms in total. The number of pyridine rings is 1. The smallest absolute Gasteiger partial charge is 0.342 e. The minimum atomic E-state index is -0.921. The van der Waals surface area contributed by atoms with E-state index in [-0.39, 0.29) is 12.2 Å². The Morgan fingerprint density at radius 1 is 1.50 bits per heavy atom. The summed E-state index contributed by atoms with van der Waals surface area (Å²) in [6.07, 6.45) is 3.73. The normalized spacial score (nSPS) is 10.4. The average molecular weight is 253 g/mol. The number of carbonyl (C=O) groups is 2.